The lowest BCUT2D eigenvalue weighted by atomic mass is 9.85. The molecule has 29 heavy (non-hydrogen) atoms. The first-order valence-corrected chi connectivity index (χ1v) is 9.30. The number of alkyl halides is 3. The molecule has 1 saturated heterocycles. The fourth-order valence-electron chi connectivity index (χ4n) is 4.68. The number of carbonyl (C=O) groups is 2. The summed E-state index contributed by atoms with van der Waals surface area (Å²) in [6, 6.07) is 8.23. The summed E-state index contributed by atoms with van der Waals surface area (Å²) in [6.07, 6.45) is 3.33. The molecule has 5 nitrogen and oxygen atoms in total. The van der Waals surface area contributed by atoms with Gasteiger partial charge < -0.3 is 4.57 Å². The van der Waals surface area contributed by atoms with Gasteiger partial charge in [0.2, 0.25) is 0 Å². The second-order valence-corrected chi connectivity index (χ2v) is 7.58. The Kier molecular flexibility index (Phi) is 3.81. The van der Waals surface area contributed by atoms with Gasteiger partial charge in [0.1, 0.15) is 0 Å². The molecule has 4 atom stereocenters. The lowest BCUT2D eigenvalue weighted by molar-refractivity contribution is -0.141. The Labute approximate surface area is 164 Å². The number of aromatic nitrogens is 1. The molecule has 8 heteroatoms. The van der Waals surface area contributed by atoms with Crippen LogP contribution < -0.4 is 0 Å². The number of imide groups is 1. The highest BCUT2D eigenvalue weighted by molar-refractivity contribution is 6.06. The molecular formula is C21H16F3N3O2. The molecule has 0 spiro atoms. The summed E-state index contributed by atoms with van der Waals surface area (Å²) in [5, 5.41) is 5.02. The second-order valence-electron chi connectivity index (χ2n) is 7.58. The number of allylic oxidation sites excluding steroid dienone is 2. The van der Waals surface area contributed by atoms with Crippen molar-refractivity contribution in [1.82, 2.24) is 9.58 Å². The van der Waals surface area contributed by atoms with Crippen LogP contribution in [0.3, 0.4) is 0 Å². The van der Waals surface area contributed by atoms with E-state index in [0.29, 0.717) is 11.4 Å². The number of rotatable bonds is 3. The molecule has 5 rings (SSSR count). The molecule has 1 saturated carbocycles. The minimum atomic E-state index is -4.45. The topological polar surface area (TPSA) is 54.7 Å². The van der Waals surface area contributed by atoms with Gasteiger partial charge in [-0.25, -0.2) is 0 Å². The van der Waals surface area contributed by atoms with Crippen LogP contribution in [0.4, 0.5) is 13.2 Å². The molecule has 0 radical (unpaired) electrons. The number of hydrogen-bond acceptors (Lipinski definition) is 3. The van der Waals surface area contributed by atoms with Gasteiger partial charge in [0.15, 0.2) is 0 Å². The van der Waals surface area contributed by atoms with Crippen LogP contribution in [-0.2, 0) is 15.8 Å². The SMILES string of the molecule is O=C1C2C3C=CC(C3)C2C(=O)N1N=Cc1cccn1-c1cccc(C(F)(F)F)c1. The first-order valence-electron chi connectivity index (χ1n) is 9.30. The summed E-state index contributed by atoms with van der Waals surface area (Å²) < 4.78 is 40.5. The third kappa shape index (κ3) is 2.73. The molecule has 2 bridgehead atoms. The van der Waals surface area contributed by atoms with Crippen molar-refractivity contribution in [3.8, 4) is 5.69 Å². The van der Waals surface area contributed by atoms with Crippen LogP contribution >= 0.6 is 0 Å². The molecule has 2 aliphatic carbocycles. The van der Waals surface area contributed by atoms with Gasteiger partial charge >= 0.3 is 6.18 Å². The molecule has 1 aliphatic heterocycles. The highest BCUT2D eigenvalue weighted by Gasteiger charge is 2.59. The first-order chi connectivity index (χ1) is 13.8. The van der Waals surface area contributed by atoms with E-state index in [4.69, 9.17) is 0 Å². The number of hydrazone groups is 1. The predicted octanol–water partition coefficient (Wildman–Crippen LogP) is 3.64. The molecule has 2 fully saturated rings. The third-order valence-corrected chi connectivity index (χ3v) is 5.98. The second kappa shape index (κ2) is 6.17. The number of carbonyl (C=O) groups excluding carboxylic acids is 2. The summed E-state index contributed by atoms with van der Waals surface area (Å²) in [7, 11) is 0. The van der Waals surface area contributed by atoms with Crippen molar-refractivity contribution in [2.24, 2.45) is 28.8 Å². The Morgan fingerprint density at radius 1 is 1.00 bits per heavy atom. The molecule has 0 N–H and O–H groups in total. The Balaban J connectivity index is 1.42. The number of amides is 2. The van der Waals surface area contributed by atoms with E-state index in [1.165, 1.54) is 16.8 Å². The Morgan fingerprint density at radius 3 is 2.34 bits per heavy atom. The van der Waals surface area contributed by atoms with Gasteiger partial charge in [0.25, 0.3) is 11.8 Å². The van der Waals surface area contributed by atoms with Crippen LogP contribution in [0.1, 0.15) is 17.7 Å². The zero-order valence-corrected chi connectivity index (χ0v) is 15.1. The molecule has 2 amide bonds. The summed E-state index contributed by atoms with van der Waals surface area (Å²) in [5.74, 6) is -1.10. The van der Waals surface area contributed by atoms with Crippen LogP contribution in [0.5, 0.6) is 0 Å². The van der Waals surface area contributed by atoms with Crippen LogP contribution in [0.25, 0.3) is 5.69 Å². The number of fused-ring (bicyclic) bond motifs is 5. The van der Waals surface area contributed by atoms with Crippen molar-refractivity contribution in [3.05, 3.63) is 66.0 Å². The molecule has 148 valence electrons. The van der Waals surface area contributed by atoms with Crippen LogP contribution in [-0.4, -0.2) is 27.6 Å². The lowest BCUT2D eigenvalue weighted by Gasteiger charge is -2.13. The van der Waals surface area contributed by atoms with Gasteiger partial charge in [-0.2, -0.15) is 23.3 Å². The third-order valence-electron chi connectivity index (χ3n) is 5.98. The van der Waals surface area contributed by atoms with E-state index in [2.05, 4.69) is 5.10 Å². The number of hydrogen-bond donors (Lipinski definition) is 0. The normalized spacial score (nSPS) is 28.2. The molecule has 1 aromatic heterocycles. The van der Waals surface area contributed by atoms with E-state index in [1.54, 1.807) is 24.4 Å². The quantitative estimate of drug-likeness (QED) is 0.450. The molecule has 4 unspecified atom stereocenters. The van der Waals surface area contributed by atoms with E-state index in [9.17, 15) is 22.8 Å². The summed E-state index contributed by atoms with van der Waals surface area (Å²) in [6.45, 7) is 0. The number of halogens is 3. The Hall–Kier alpha value is -3.16. The van der Waals surface area contributed by atoms with Crippen molar-refractivity contribution in [2.75, 3.05) is 0 Å². The van der Waals surface area contributed by atoms with Crippen LogP contribution in [0.15, 0.2) is 59.8 Å². The zero-order chi connectivity index (χ0) is 20.3. The standard InChI is InChI=1S/C21H16F3N3O2/c22-21(23,24)14-3-1-4-15(10-14)26-8-2-5-16(26)11-25-27-19(28)17-12-6-7-13(9-12)18(17)20(27)29/h1-8,10-13,17-18H,9H2. The maximum absolute atomic E-state index is 13.0. The van der Waals surface area contributed by atoms with E-state index in [1.807, 2.05) is 12.2 Å². The smallest absolute Gasteiger partial charge is 0.316 e. The van der Waals surface area contributed by atoms with E-state index < -0.39 is 11.7 Å². The summed E-state index contributed by atoms with van der Waals surface area (Å²) >= 11 is 0. The summed E-state index contributed by atoms with van der Waals surface area (Å²) in [5.41, 5.74) is 0.0137. The van der Waals surface area contributed by atoms with Crippen LogP contribution in [0.2, 0.25) is 0 Å². The van der Waals surface area contributed by atoms with Gasteiger partial charge in [0.05, 0.1) is 29.3 Å². The van der Waals surface area contributed by atoms with Crippen molar-refractivity contribution >= 4 is 18.0 Å². The largest absolute Gasteiger partial charge is 0.416 e. The Morgan fingerprint density at radius 2 is 1.69 bits per heavy atom. The van der Waals surface area contributed by atoms with Crippen LogP contribution in [0, 0.1) is 23.7 Å². The zero-order valence-electron chi connectivity index (χ0n) is 15.1. The van der Waals surface area contributed by atoms with Gasteiger partial charge in [-0.05, 0) is 48.6 Å². The number of benzene rings is 1. The lowest BCUT2D eigenvalue weighted by Crippen LogP contribution is -2.28. The highest BCUT2D eigenvalue weighted by atomic mass is 19.4. The average Bonchev–Trinajstić information content (AvgIpc) is 3.45. The highest BCUT2D eigenvalue weighted by Crippen LogP contribution is 2.52. The average molecular weight is 399 g/mol. The minimum Gasteiger partial charge on any atom is -0.316 e. The van der Waals surface area contributed by atoms with E-state index in [-0.39, 0.29) is 35.5 Å². The maximum Gasteiger partial charge on any atom is 0.416 e. The molecule has 2 heterocycles. The predicted molar refractivity (Wildman–Crippen MR) is 97.9 cm³/mol. The Bertz CT molecular complexity index is 1040. The minimum absolute atomic E-state index is 0.0932. The number of nitrogens with zero attached hydrogens (tertiary/aromatic N) is 3. The van der Waals surface area contributed by atoms with Crippen molar-refractivity contribution in [1.29, 1.82) is 0 Å². The van der Waals surface area contributed by atoms with Crippen molar-refractivity contribution in [2.45, 2.75) is 12.6 Å². The first kappa shape index (κ1) is 17.9. The van der Waals surface area contributed by atoms with Gasteiger partial charge in [-0.1, -0.05) is 18.2 Å². The fraction of sp³-hybridized carbons (Fsp3) is 0.286. The fourth-order valence-corrected chi connectivity index (χ4v) is 4.68. The molecule has 3 aliphatic rings. The van der Waals surface area contributed by atoms with Crippen molar-refractivity contribution in [3.63, 3.8) is 0 Å². The van der Waals surface area contributed by atoms with E-state index in [0.717, 1.165) is 23.6 Å². The molecule has 2 aromatic rings. The summed E-state index contributed by atoms with van der Waals surface area (Å²) in [4.78, 5) is 25.4. The van der Waals surface area contributed by atoms with Gasteiger partial charge in [0, 0.05) is 11.9 Å². The monoisotopic (exact) mass is 399 g/mol. The van der Waals surface area contributed by atoms with Gasteiger partial charge in [-0.15, -0.1) is 0 Å². The maximum atomic E-state index is 13.0. The van der Waals surface area contributed by atoms with E-state index >= 15 is 0 Å². The van der Waals surface area contributed by atoms with Crippen molar-refractivity contribution < 1.29 is 22.8 Å². The van der Waals surface area contributed by atoms with Gasteiger partial charge in [-0.3, -0.25) is 9.59 Å². The molecule has 1 aromatic carbocycles. The molecular weight excluding hydrogens is 383 g/mol.